The van der Waals surface area contributed by atoms with Crippen molar-refractivity contribution in [2.75, 3.05) is 13.1 Å². The molecule has 1 rings (SSSR count). The Morgan fingerprint density at radius 2 is 1.86 bits per heavy atom. The maximum absolute atomic E-state index is 12.8. The van der Waals surface area contributed by atoms with E-state index >= 15 is 0 Å². The molecule has 0 aliphatic rings. The molecule has 3 heteroatoms. The highest BCUT2D eigenvalue weighted by Gasteiger charge is 2.24. The average Bonchev–Trinajstić information content (AvgIpc) is 2.49. The first-order chi connectivity index (χ1) is 10.1. The summed E-state index contributed by atoms with van der Waals surface area (Å²) in [5, 5.41) is 0. The summed E-state index contributed by atoms with van der Waals surface area (Å²) in [6.07, 6.45) is 4.14. The summed E-state index contributed by atoms with van der Waals surface area (Å²) < 4.78 is 0. The smallest absolute Gasteiger partial charge is 0.227 e. The molecule has 0 radical (unpaired) electrons. The molecule has 0 fully saturated rings. The van der Waals surface area contributed by atoms with E-state index in [0.717, 1.165) is 19.4 Å². The third-order valence-electron chi connectivity index (χ3n) is 3.87. The molecule has 0 spiro atoms. The maximum atomic E-state index is 12.8. The third kappa shape index (κ3) is 5.88. The van der Waals surface area contributed by atoms with Crippen LogP contribution in [-0.2, 0) is 11.2 Å². The maximum Gasteiger partial charge on any atom is 0.227 e. The lowest BCUT2D eigenvalue weighted by atomic mass is 9.97. The molecular formula is C18H30N2O. The highest BCUT2D eigenvalue weighted by molar-refractivity contribution is 5.79. The van der Waals surface area contributed by atoms with E-state index in [1.807, 2.05) is 23.1 Å². The number of hydrogen-bond acceptors (Lipinski definition) is 2. The van der Waals surface area contributed by atoms with Crippen LogP contribution in [0.25, 0.3) is 0 Å². The van der Waals surface area contributed by atoms with Crippen LogP contribution in [0, 0.1) is 5.92 Å². The predicted molar refractivity (Wildman–Crippen MR) is 89.1 cm³/mol. The van der Waals surface area contributed by atoms with Gasteiger partial charge in [0.1, 0.15) is 0 Å². The lowest BCUT2D eigenvalue weighted by molar-refractivity contribution is -0.137. The lowest BCUT2D eigenvalue weighted by Crippen LogP contribution is -2.44. The molecule has 1 unspecified atom stereocenters. The number of benzene rings is 1. The Morgan fingerprint density at radius 3 is 2.38 bits per heavy atom. The van der Waals surface area contributed by atoms with E-state index in [1.165, 1.54) is 18.4 Å². The molecule has 3 nitrogen and oxygen atoms in total. The van der Waals surface area contributed by atoms with Gasteiger partial charge in [0.25, 0.3) is 0 Å². The molecular weight excluding hydrogens is 260 g/mol. The van der Waals surface area contributed by atoms with Crippen LogP contribution in [-0.4, -0.2) is 29.9 Å². The largest absolute Gasteiger partial charge is 0.340 e. The summed E-state index contributed by atoms with van der Waals surface area (Å²) in [6.45, 7) is 7.60. The number of nitrogens with two attached hydrogens (primary N) is 1. The number of carbonyl (C=O) groups is 1. The Morgan fingerprint density at radius 1 is 1.19 bits per heavy atom. The first kappa shape index (κ1) is 17.7. The van der Waals surface area contributed by atoms with Gasteiger partial charge in [-0.3, -0.25) is 4.79 Å². The molecule has 0 saturated carbocycles. The summed E-state index contributed by atoms with van der Waals surface area (Å²) in [4.78, 5) is 14.8. The van der Waals surface area contributed by atoms with Crippen LogP contribution < -0.4 is 5.73 Å². The topological polar surface area (TPSA) is 46.3 Å². The fourth-order valence-electron chi connectivity index (χ4n) is 2.56. The van der Waals surface area contributed by atoms with Crippen molar-refractivity contribution in [2.24, 2.45) is 11.7 Å². The second-order valence-corrected chi connectivity index (χ2v) is 5.95. The number of unbranched alkanes of at least 4 members (excludes halogenated alkanes) is 2. The lowest BCUT2D eigenvalue weighted by Gasteiger charge is -2.30. The van der Waals surface area contributed by atoms with Gasteiger partial charge in [-0.15, -0.1) is 0 Å². The normalized spacial score (nSPS) is 12.4. The standard InChI is InChI=1S/C18H30N2O/c1-4-5-9-12-20(15(2)3)18(21)17(14-19)13-16-10-7-6-8-11-16/h6-8,10-11,15,17H,4-5,9,12-14,19H2,1-3H3. The highest BCUT2D eigenvalue weighted by atomic mass is 16.2. The molecule has 1 aromatic rings. The summed E-state index contributed by atoms with van der Waals surface area (Å²) in [6, 6.07) is 10.4. The Balaban J connectivity index is 2.69. The number of rotatable bonds is 9. The minimum absolute atomic E-state index is 0.114. The molecule has 0 aliphatic carbocycles. The number of amides is 1. The quantitative estimate of drug-likeness (QED) is 0.710. The zero-order valence-corrected chi connectivity index (χ0v) is 13.7. The van der Waals surface area contributed by atoms with E-state index < -0.39 is 0 Å². The van der Waals surface area contributed by atoms with Crippen LogP contribution in [0.5, 0.6) is 0 Å². The average molecular weight is 290 g/mol. The third-order valence-corrected chi connectivity index (χ3v) is 3.87. The fourth-order valence-corrected chi connectivity index (χ4v) is 2.56. The van der Waals surface area contributed by atoms with Gasteiger partial charge in [0.15, 0.2) is 0 Å². The minimum Gasteiger partial charge on any atom is -0.340 e. The Hall–Kier alpha value is -1.35. The number of nitrogens with zero attached hydrogens (tertiary/aromatic N) is 1. The van der Waals surface area contributed by atoms with Crippen molar-refractivity contribution in [3.05, 3.63) is 35.9 Å². The molecule has 0 saturated heterocycles. The fraction of sp³-hybridized carbons (Fsp3) is 0.611. The second-order valence-electron chi connectivity index (χ2n) is 5.95. The van der Waals surface area contributed by atoms with Gasteiger partial charge in [0, 0.05) is 19.1 Å². The summed E-state index contributed by atoms with van der Waals surface area (Å²) in [5.41, 5.74) is 7.05. The van der Waals surface area contributed by atoms with Crippen LogP contribution in [0.1, 0.15) is 45.6 Å². The van der Waals surface area contributed by atoms with Crippen molar-refractivity contribution in [2.45, 2.75) is 52.5 Å². The van der Waals surface area contributed by atoms with Gasteiger partial charge in [0.05, 0.1) is 5.92 Å². The predicted octanol–water partition coefficient (Wildman–Crippen LogP) is 3.23. The van der Waals surface area contributed by atoms with Gasteiger partial charge in [-0.1, -0.05) is 50.1 Å². The van der Waals surface area contributed by atoms with Crippen LogP contribution >= 0.6 is 0 Å². The molecule has 1 atom stereocenters. The molecule has 0 aromatic heterocycles. The number of hydrogen-bond donors (Lipinski definition) is 1. The molecule has 118 valence electrons. The van der Waals surface area contributed by atoms with Gasteiger partial charge in [-0.05, 0) is 32.3 Å². The van der Waals surface area contributed by atoms with Gasteiger partial charge < -0.3 is 10.6 Å². The van der Waals surface area contributed by atoms with E-state index in [-0.39, 0.29) is 17.9 Å². The van der Waals surface area contributed by atoms with Crippen molar-refractivity contribution >= 4 is 5.91 Å². The zero-order chi connectivity index (χ0) is 15.7. The SMILES string of the molecule is CCCCCN(C(=O)C(CN)Cc1ccccc1)C(C)C. The summed E-state index contributed by atoms with van der Waals surface area (Å²) >= 11 is 0. The Bertz CT molecular complexity index is 403. The van der Waals surface area contributed by atoms with Gasteiger partial charge >= 0.3 is 0 Å². The second kappa shape index (κ2) is 9.56. The van der Waals surface area contributed by atoms with Crippen molar-refractivity contribution in [1.29, 1.82) is 0 Å². The molecule has 1 amide bonds. The summed E-state index contributed by atoms with van der Waals surface area (Å²) in [5.74, 6) is 0.0869. The van der Waals surface area contributed by atoms with Gasteiger partial charge in [-0.25, -0.2) is 0 Å². The molecule has 0 bridgehead atoms. The van der Waals surface area contributed by atoms with Crippen LogP contribution in [0.15, 0.2) is 30.3 Å². The highest BCUT2D eigenvalue weighted by Crippen LogP contribution is 2.14. The van der Waals surface area contributed by atoms with E-state index in [0.29, 0.717) is 6.54 Å². The molecule has 1 aromatic carbocycles. The molecule has 0 aliphatic heterocycles. The molecule has 21 heavy (non-hydrogen) atoms. The molecule has 2 N–H and O–H groups in total. The van der Waals surface area contributed by atoms with Gasteiger partial charge in [0.2, 0.25) is 5.91 Å². The van der Waals surface area contributed by atoms with Crippen LogP contribution in [0.4, 0.5) is 0 Å². The van der Waals surface area contributed by atoms with Crippen LogP contribution in [0.3, 0.4) is 0 Å². The van der Waals surface area contributed by atoms with E-state index in [2.05, 4.69) is 32.9 Å². The van der Waals surface area contributed by atoms with Crippen molar-refractivity contribution in [1.82, 2.24) is 4.90 Å². The Kier molecular flexibility index (Phi) is 8.06. The zero-order valence-electron chi connectivity index (χ0n) is 13.7. The van der Waals surface area contributed by atoms with Crippen molar-refractivity contribution < 1.29 is 4.79 Å². The summed E-state index contributed by atoms with van der Waals surface area (Å²) in [7, 11) is 0. The van der Waals surface area contributed by atoms with E-state index in [9.17, 15) is 4.79 Å². The first-order valence-corrected chi connectivity index (χ1v) is 8.14. The van der Waals surface area contributed by atoms with Gasteiger partial charge in [-0.2, -0.15) is 0 Å². The van der Waals surface area contributed by atoms with E-state index in [4.69, 9.17) is 5.73 Å². The number of carbonyl (C=O) groups excluding carboxylic acids is 1. The van der Waals surface area contributed by atoms with Crippen LogP contribution in [0.2, 0.25) is 0 Å². The first-order valence-electron chi connectivity index (χ1n) is 8.14. The monoisotopic (exact) mass is 290 g/mol. The Labute approximate surface area is 129 Å². The minimum atomic E-state index is -0.114. The van der Waals surface area contributed by atoms with Crippen molar-refractivity contribution in [3.63, 3.8) is 0 Å². The van der Waals surface area contributed by atoms with Crippen molar-refractivity contribution in [3.8, 4) is 0 Å². The van der Waals surface area contributed by atoms with E-state index in [1.54, 1.807) is 0 Å². The molecule has 0 heterocycles.